The minimum atomic E-state index is 0. The largest absolute Gasteiger partial charge is 0.497 e. The van der Waals surface area contributed by atoms with Gasteiger partial charge in [-0.1, -0.05) is 0 Å². The predicted molar refractivity (Wildman–Crippen MR) is 111 cm³/mol. The zero-order chi connectivity index (χ0) is 16.9. The van der Waals surface area contributed by atoms with E-state index in [-0.39, 0.29) is 30.7 Å². The van der Waals surface area contributed by atoms with Crippen molar-refractivity contribution < 1.29 is 9.53 Å². The third kappa shape index (κ3) is 5.33. The second-order valence-corrected chi connectivity index (χ2v) is 6.92. The van der Waals surface area contributed by atoms with E-state index >= 15 is 0 Å². The molecule has 1 aromatic carbocycles. The quantitative estimate of drug-likeness (QED) is 0.804. The number of ether oxygens (including phenoxy) is 1. The highest BCUT2D eigenvalue weighted by Gasteiger charge is 2.24. The number of piperidine rings is 1. The molecule has 0 radical (unpaired) electrons. The lowest BCUT2D eigenvalue weighted by atomic mass is 9.97. The molecule has 0 bridgehead atoms. The van der Waals surface area contributed by atoms with Crippen molar-refractivity contribution in [3.8, 4) is 16.3 Å². The van der Waals surface area contributed by atoms with Gasteiger partial charge in [0.25, 0.3) is 5.91 Å². The Morgan fingerprint density at radius 1 is 1.27 bits per heavy atom. The van der Waals surface area contributed by atoms with Crippen LogP contribution < -0.4 is 10.1 Å². The third-order valence-electron chi connectivity index (χ3n) is 4.45. The van der Waals surface area contributed by atoms with Gasteiger partial charge < -0.3 is 15.0 Å². The molecule has 1 amide bonds. The summed E-state index contributed by atoms with van der Waals surface area (Å²) in [6, 6.07) is 7.75. The van der Waals surface area contributed by atoms with Crippen molar-refractivity contribution in [1.82, 2.24) is 15.2 Å². The molecule has 144 valence electrons. The number of thiazole rings is 1. The Morgan fingerprint density at radius 2 is 1.92 bits per heavy atom. The first-order valence-electron chi connectivity index (χ1n) is 8.25. The molecule has 26 heavy (non-hydrogen) atoms. The van der Waals surface area contributed by atoms with Crippen LogP contribution >= 0.6 is 36.2 Å². The zero-order valence-electron chi connectivity index (χ0n) is 14.9. The Kier molecular flexibility index (Phi) is 9.36. The summed E-state index contributed by atoms with van der Waals surface area (Å²) in [5.41, 5.74) is 1.56. The van der Waals surface area contributed by atoms with Crippen molar-refractivity contribution in [3.63, 3.8) is 0 Å². The van der Waals surface area contributed by atoms with E-state index in [2.05, 4.69) is 10.3 Å². The molecule has 1 aromatic heterocycles. The highest BCUT2D eigenvalue weighted by molar-refractivity contribution is 7.13. The Hall–Kier alpha value is -1.34. The zero-order valence-corrected chi connectivity index (χ0v) is 17.4. The second-order valence-electron chi connectivity index (χ2n) is 6.06. The van der Waals surface area contributed by atoms with Crippen LogP contribution in [-0.4, -0.2) is 49.6 Å². The molecular formula is C18H25Cl2N3O2S. The molecule has 0 unspecified atom stereocenters. The van der Waals surface area contributed by atoms with Crippen molar-refractivity contribution in [2.24, 2.45) is 5.92 Å². The molecular weight excluding hydrogens is 393 g/mol. The molecule has 8 heteroatoms. The third-order valence-corrected chi connectivity index (χ3v) is 5.35. The summed E-state index contributed by atoms with van der Waals surface area (Å²) < 4.78 is 5.17. The number of benzene rings is 1. The van der Waals surface area contributed by atoms with Crippen LogP contribution in [0, 0.1) is 5.92 Å². The number of nitrogens with zero attached hydrogens (tertiary/aromatic N) is 2. The lowest BCUT2D eigenvalue weighted by Gasteiger charge is -2.31. The molecule has 1 N–H and O–H groups in total. The normalized spacial score (nSPS) is 14.3. The molecule has 2 heterocycles. The number of amides is 1. The van der Waals surface area contributed by atoms with Crippen LogP contribution in [0.4, 0.5) is 0 Å². The number of aromatic nitrogens is 1. The molecule has 0 aliphatic carbocycles. The second kappa shape index (κ2) is 10.7. The van der Waals surface area contributed by atoms with Gasteiger partial charge in [-0.2, -0.15) is 0 Å². The molecule has 1 saturated heterocycles. The van der Waals surface area contributed by atoms with Crippen LogP contribution in [0.5, 0.6) is 5.75 Å². The lowest BCUT2D eigenvalue weighted by Crippen LogP contribution is -2.40. The number of carbonyl (C=O) groups is 1. The van der Waals surface area contributed by atoms with Gasteiger partial charge in [0.2, 0.25) is 0 Å². The highest BCUT2D eigenvalue weighted by atomic mass is 35.5. The number of methoxy groups -OCH3 is 1. The molecule has 3 rings (SSSR count). The number of rotatable bonds is 5. The van der Waals surface area contributed by atoms with E-state index in [0.29, 0.717) is 11.6 Å². The van der Waals surface area contributed by atoms with Gasteiger partial charge in [-0.15, -0.1) is 36.2 Å². The van der Waals surface area contributed by atoms with Crippen molar-refractivity contribution in [2.45, 2.75) is 12.8 Å². The van der Waals surface area contributed by atoms with E-state index in [1.54, 1.807) is 7.11 Å². The monoisotopic (exact) mass is 417 g/mol. The first-order chi connectivity index (χ1) is 11.7. The Bertz CT molecular complexity index is 686. The first-order valence-corrected chi connectivity index (χ1v) is 9.13. The molecule has 0 saturated carbocycles. The molecule has 5 nitrogen and oxygen atoms in total. The fraction of sp³-hybridized carbons (Fsp3) is 0.444. The van der Waals surface area contributed by atoms with Gasteiger partial charge in [0, 0.05) is 24.0 Å². The maximum absolute atomic E-state index is 12.6. The van der Waals surface area contributed by atoms with Crippen LogP contribution in [0.2, 0.25) is 0 Å². The van der Waals surface area contributed by atoms with Gasteiger partial charge in [0.05, 0.1) is 7.11 Å². The minimum Gasteiger partial charge on any atom is -0.497 e. The highest BCUT2D eigenvalue weighted by Crippen LogP contribution is 2.27. The topological polar surface area (TPSA) is 54.5 Å². The van der Waals surface area contributed by atoms with Crippen LogP contribution in [0.25, 0.3) is 10.6 Å². The maximum Gasteiger partial charge on any atom is 0.273 e. The van der Waals surface area contributed by atoms with Crippen LogP contribution in [0.1, 0.15) is 23.3 Å². The number of halogens is 2. The van der Waals surface area contributed by atoms with E-state index in [1.807, 2.05) is 41.6 Å². The molecule has 0 spiro atoms. The van der Waals surface area contributed by atoms with Gasteiger partial charge in [-0.05, 0) is 56.6 Å². The smallest absolute Gasteiger partial charge is 0.273 e. The van der Waals surface area contributed by atoms with Gasteiger partial charge in [-0.3, -0.25) is 4.79 Å². The van der Waals surface area contributed by atoms with Crippen LogP contribution in [-0.2, 0) is 0 Å². The van der Waals surface area contributed by atoms with Gasteiger partial charge in [-0.25, -0.2) is 4.98 Å². The lowest BCUT2D eigenvalue weighted by molar-refractivity contribution is 0.0686. The average Bonchev–Trinajstić information content (AvgIpc) is 3.12. The van der Waals surface area contributed by atoms with E-state index in [0.717, 1.165) is 48.8 Å². The first kappa shape index (κ1) is 22.7. The fourth-order valence-electron chi connectivity index (χ4n) is 3.03. The summed E-state index contributed by atoms with van der Waals surface area (Å²) in [6.45, 7) is 2.67. The van der Waals surface area contributed by atoms with E-state index in [9.17, 15) is 4.79 Å². The van der Waals surface area contributed by atoms with Gasteiger partial charge >= 0.3 is 0 Å². The molecule has 0 atom stereocenters. The number of carbonyl (C=O) groups excluding carboxylic acids is 1. The number of hydrogen-bond donors (Lipinski definition) is 1. The van der Waals surface area contributed by atoms with Gasteiger partial charge in [0.15, 0.2) is 0 Å². The fourth-order valence-corrected chi connectivity index (χ4v) is 3.83. The Labute approximate surface area is 171 Å². The van der Waals surface area contributed by atoms with E-state index in [1.165, 1.54) is 11.3 Å². The molecule has 1 fully saturated rings. The van der Waals surface area contributed by atoms with Crippen molar-refractivity contribution in [2.75, 3.05) is 33.8 Å². The van der Waals surface area contributed by atoms with Crippen molar-refractivity contribution in [1.29, 1.82) is 0 Å². The van der Waals surface area contributed by atoms with Crippen molar-refractivity contribution >= 4 is 42.1 Å². The molecule has 1 aliphatic rings. The predicted octanol–water partition coefficient (Wildman–Crippen LogP) is 3.73. The minimum absolute atomic E-state index is 0. The standard InChI is InChI=1S/C18H23N3O2S.2ClH/c1-19-11-13-7-9-21(10-8-13)18(22)16-12-24-17(20-16)14-3-5-15(23-2)6-4-14;;/h3-6,12-13,19H,7-11H2,1-2H3;2*1H. The summed E-state index contributed by atoms with van der Waals surface area (Å²) in [5.74, 6) is 1.54. The summed E-state index contributed by atoms with van der Waals surface area (Å²) in [7, 11) is 3.63. The van der Waals surface area contributed by atoms with E-state index < -0.39 is 0 Å². The Balaban J connectivity index is 0.00000169. The number of likely N-dealkylation sites (tertiary alicyclic amines) is 1. The van der Waals surface area contributed by atoms with Crippen molar-refractivity contribution in [3.05, 3.63) is 35.3 Å². The summed E-state index contributed by atoms with van der Waals surface area (Å²) in [5, 5.41) is 5.95. The Morgan fingerprint density at radius 3 is 2.50 bits per heavy atom. The summed E-state index contributed by atoms with van der Waals surface area (Å²) >= 11 is 1.51. The average molecular weight is 418 g/mol. The number of hydrogen-bond acceptors (Lipinski definition) is 5. The number of nitrogens with one attached hydrogen (secondary N) is 1. The maximum atomic E-state index is 12.6. The van der Waals surface area contributed by atoms with E-state index in [4.69, 9.17) is 4.74 Å². The van der Waals surface area contributed by atoms with Crippen LogP contribution in [0.15, 0.2) is 29.6 Å². The molecule has 2 aromatic rings. The SMILES string of the molecule is CNCC1CCN(C(=O)c2csc(-c3ccc(OC)cc3)n2)CC1.Cl.Cl. The molecule has 1 aliphatic heterocycles. The van der Waals surface area contributed by atoms with Crippen LogP contribution in [0.3, 0.4) is 0 Å². The van der Waals surface area contributed by atoms with Gasteiger partial charge in [0.1, 0.15) is 16.5 Å². The summed E-state index contributed by atoms with van der Waals surface area (Å²) in [6.07, 6.45) is 2.12. The summed E-state index contributed by atoms with van der Waals surface area (Å²) in [4.78, 5) is 19.1.